The normalized spacial score (nSPS) is 13.8. The van der Waals surface area contributed by atoms with Crippen LogP contribution in [0.1, 0.15) is 22.8 Å². The first-order valence-corrected chi connectivity index (χ1v) is 9.79. The Bertz CT molecular complexity index is 1210. The van der Waals surface area contributed by atoms with Crippen LogP contribution in [0.15, 0.2) is 35.3 Å². The summed E-state index contributed by atoms with van der Waals surface area (Å²) < 4.78 is 3.25. The van der Waals surface area contributed by atoms with Crippen LogP contribution in [0, 0.1) is 11.8 Å². The predicted octanol–water partition coefficient (Wildman–Crippen LogP) is 0.173. The topological polar surface area (TPSA) is 111 Å². The zero-order chi connectivity index (χ0) is 21.1. The summed E-state index contributed by atoms with van der Waals surface area (Å²) in [4.78, 5) is 31.6. The molecule has 0 spiro atoms. The van der Waals surface area contributed by atoms with Crippen LogP contribution in [0.5, 0.6) is 0 Å². The van der Waals surface area contributed by atoms with Crippen molar-refractivity contribution in [3.8, 4) is 11.8 Å². The van der Waals surface area contributed by atoms with Crippen molar-refractivity contribution in [2.75, 3.05) is 31.1 Å². The minimum Gasteiger partial charge on any atom is -0.366 e. The molecule has 0 unspecified atom stereocenters. The fraction of sp³-hybridized carbons (Fsp3) is 0.333. The van der Waals surface area contributed by atoms with E-state index in [1.807, 2.05) is 10.6 Å². The number of nitrogens with zero attached hydrogens (tertiary/aromatic N) is 5. The fourth-order valence-electron chi connectivity index (χ4n) is 3.60. The SMILES string of the molecule is CC#CCn1c(N2CCNCC2)nc2cnn(Cc3cccc(C(N)=O)c3)c(=O)c21. The van der Waals surface area contributed by atoms with Gasteiger partial charge in [-0.3, -0.25) is 14.2 Å². The van der Waals surface area contributed by atoms with E-state index in [4.69, 9.17) is 10.7 Å². The Balaban J connectivity index is 1.78. The number of piperazine rings is 1. The molecule has 1 fully saturated rings. The second kappa shape index (κ2) is 8.39. The van der Waals surface area contributed by atoms with Gasteiger partial charge in [0.25, 0.3) is 5.56 Å². The number of primary amides is 1. The van der Waals surface area contributed by atoms with Gasteiger partial charge in [0.15, 0.2) is 0 Å². The molecule has 3 heterocycles. The summed E-state index contributed by atoms with van der Waals surface area (Å²) in [6.45, 7) is 5.72. The molecular formula is C21H23N7O2. The molecule has 30 heavy (non-hydrogen) atoms. The average Bonchev–Trinajstić information content (AvgIpc) is 3.14. The Morgan fingerprint density at radius 2 is 2.10 bits per heavy atom. The second-order valence-electron chi connectivity index (χ2n) is 7.07. The summed E-state index contributed by atoms with van der Waals surface area (Å²) in [5.41, 5.74) is 7.31. The third kappa shape index (κ3) is 3.77. The molecule has 154 valence electrons. The lowest BCUT2D eigenvalue weighted by molar-refractivity contribution is 0.1000. The lowest BCUT2D eigenvalue weighted by atomic mass is 10.1. The molecule has 1 aliphatic heterocycles. The predicted molar refractivity (Wildman–Crippen MR) is 114 cm³/mol. The van der Waals surface area contributed by atoms with Crippen LogP contribution in [0.4, 0.5) is 5.95 Å². The van der Waals surface area contributed by atoms with E-state index in [0.29, 0.717) is 23.1 Å². The molecular weight excluding hydrogens is 382 g/mol. The van der Waals surface area contributed by atoms with Crippen LogP contribution in [-0.2, 0) is 13.1 Å². The molecule has 0 atom stereocenters. The number of imidazole rings is 1. The van der Waals surface area contributed by atoms with Gasteiger partial charge in [0, 0.05) is 31.7 Å². The van der Waals surface area contributed by atoms with Crippen molar-refractivity contribution in [3.05, 3.63) is 51.9 Å². The van der Waals surface area contributed by atoms with Crippen LogP contribution in [-0.4, -0.2) is 51.4 Å². The number of benzene rings is 1. The monoisotopic (exact) mass is 405 g/mol. The molecule has 2 aromatic heterocycles. The first kappa shape index (κ1) is 19.7. The minimum atomic E-state index is -0.510. The highest BCUT2D eigenvalue weighted by atomic mass is 16.1. The van der Waals surface area contributed by atoms with Gasteiger partial charge in [-0.05, 0) is 24.6 Å². The standard InChI is InChI=1S/C21H23N7O2/c1-2-3-9-27-18-17(25-21(27)26-10-7-23-8-11-26)13-24-28(20(18)30)14-15-5-4-6-16(12-15)19(22)29/h4-6,12-13,23H,7-11,14H2,1H3,(H2,22,29). The van der Waals surface area contributed by atoms with Crippen LogP contribution < -0.4 is 21.5 Å². The molecule has 9 heteroatoms. The Morgan fingerprint density at radius 1 is 1.30 bits per heavy atom. The van der Waals surface area contributed by atoms with E-state index in [0.717, 1.165) is 37.7 Å². The number of anilines is 1. The van der Waals surface area contributed by atoms with Crippen molar-refractivity contribution in [1.82, 2.24) is 24.6 Å². The number of nitrogens with two attached hydrogens (primary N) is 1. The number of amides is 1. The van der Waals surface area contributed by atoms with Gasteiger partial charge in [-0.1, -0.05) is 18.1 Å². The third-order valence-electron chi connectivity index (χ3n) is 5.09. The van der Waals surface area contributed by atoms with E-state index in [1.54, 1.807) is 31.3 Å². The number of carbonyl (C=O) groups is 1. The smallest absolute Gasteiger partial charge is 0.293 e. The number of fused-ring (bicyclic) bond motifs is 1. The summed E-state index contributed by atoms with van der Waals surface area (Å²) in [6, 6.07) is 6.88. The van der Waals surface area contributed by atoms with E-state index in [1.165, 1.54) is 4.68 Å². The summed E-state index contributed by atoms with van der Waals surface area (Å²) in [6.07, 6.45) is 1.61. The van der Waals surface area contributed by atoms with E-state index < -0.39 is 5.91 Å². The van der Waals surface area contributed by atoms with E-state index in [-0.39, 0.29) is 12.1 Å². The van der Waals surface area contributed by atoms with Crippen molar-refractivity contribution in [3.63, 3.8) is 0 Å². The Labute approximate surface area is 173 Å². The van der Waals surface area contributed by atoms with Gasteiger partial charge < -0.3 is 16.0 Å². The number of rotatable bonds is 5. The van der Waals surface area contributed by atoms with E-state index >= 15 is 0 Å². The summed E-state index contributed by atoms with van der Waals surface area (Å²) in [5.74, 6) is 6.17. The summed E-state index contributed by atoms with van der Waals surface area (Å²) in [7, 11) is 0. The highest BCUT2D eigenvalue weighted by Gasteiger charge is 2.21. The Hall–Kier alpha value is -3.64. The maximum absolute atomic E-state index is 13.3. The van der Waals surface area contributed by atoms with Gasteiger partial charge in [-0.25, -0.2) is 9.67 Å². The molecule has 1 amide bonds. The van der Waals surface area contributed by atoms with Gasteiger partial charge in [0.2, 0.25) is 11.9 Å². The molecule has 1 aliphatic rings. The van der Waals surface area contributed by atoms with Crippen molar-refractivity contribution in [2.24, 2.45) is 5.73 Å². The van der Waals surface area contributed by atoms with Crippen molar-refractivity contribution in [1.29, 1.82) is 0 Å². The number of nitrogens with one attached hydrogen (secondary N) is 1. The molecule has 0 saturated carbocycles. The largest absolute Gasteiger partial charge is 0.366 e. The van der Waals surface area contributed by atoms with Crippen LogP contribution in [0.2, 0.25) is 0 Å². The zero-order valence-corrected chi connectivity index (χ0v) is 16.8. The minimum absolute atomic E-state index is 0.226. The molecule has 3 aromatic rings. The maximum Gasteiger partial charge on any atom is 0.293 e. The van der Waals surface area contributed by atoms with Crippen molar-refractivity contribution < 1.29 is 4.79 Å². The molecule has 1 saturated heterocycles. The Kier molecular flexibility index (Phi) is 5.50. The van der Waals surface area contributed by atoms with E-state index in [2.05, 4.69) is 27.2 Å². The molecule has 0 bridgehead atoms. The molecule has 3 N–H and O–H groups in total. The van der Waals surface area contributed by atoms with Crippen LogP contribution in [0.3, 0.4) is 0 Å². The van der Waals surface area contributed by atoms with Crippen LogP contribution in [0.25, 0.3) is 11.0 Å². The molecule has 4 rings (SSSR count). The molecule has 1 aromatic carbocycles. The van der Waals surface area contributed by atoms with Gasteiger partial charge in [0.05, 0.1) is 19.3 Å². The first-order chi connectivity index (χ1) is 14.6. The van der Waals surface area contributed by atoms with Crippen molar-refractivity contribution in [2.45, 2.75) is 20.0 Å². The highest BCUT2D eigenvalue weighted by Crippen LogP contribution is 2.20. The van der Waals surface area contributed by atoms with Gasteiger partial charge in [-0.15, -0.1) is 5.92 Å². The van der Waals surface area contributed by atoms with Gasteiger partial charge in [0.1, 0.15) is 11.0 Å². The quantitative estimate of drug-likeness (QED) is 0.586. The van der Waals surface area contributed by atoms with Gasteiger partial charge >= 0.3 is 0 Å². The second-order valence-corrected chi connectivity index (χ2v) is 7.07. The molecule has 0 radical (unpaired) electrons. The molecule has 0 aliphatic carbocycles. The third-order valence-corrected chi connectivity index (χ3v) is 5.09. The zero-order valence-electron chi connectivity index (χ0n) is 16.8. The average molecular weight is 405 g/mol. The number of aromatic nitrogens is 4. The van der Waals surface area contributed by atoms with Crippen molar-refractivity contribution >= 4 is 22.9 Å². The Morgan fingerprint density at radius 3 is 2.83 bits per heavy atom. The lowest BCUT2D eigenvalue weighted by Gasteiger charge is -2.28. The number of carbonyl (C=O) groups excluding carboxylic acids is 1. The summed E-state index contributed by atoms with van der Waals surface area (Å²) in [5, 5.41) is 7.62. The number of hydrogen-bond acceptors (Lipinski definition) is 6. The lowest BCUT2D eigenvalue weighted by Crippen LogP contribution is -2.44. The van der Waals surface area contributed by atoms with E-state index in [9.17, 15) is 9.59 Å². The molecule has 9 nitrogen and oxygen atoms in total. The maximum atomic E-state index is 13.3. The first-order valence-electron chi connectivity index (χ1n) is 9.79. The fourth-order valence-corrected chi connectivity index (χ4v) is 3.60. The van der Waals surface area contributed by atoms with Gasteiger partial charge in [-0.2, -0.15) is 5.10 Å². The highest BCUT2D eigenvalue weighted by molar-refractivity contribution is 5.92. The number of hydrogen-bond donors (Lipinski definition) is 2. The van der Waals surface area contributed by atoms with Crippen LogP contribution >= 0.6 is 0 Å². The summed E-state index contributed by atoms with van der Waals surface area (Å²) >= 11 is 0.